The third-order valence-electron chi connectivity index (χ3n) is 4.95. The molecule has 1 aliphatic rings. The van der Waals surface area contributed by atoms with E-state index < -0.39 is 0 Å². The van der Waals surface area contributed by atoms with Crippen molar-refractivity contribution in [3.05, 3.63) is 70.3 Å². The van der Waals surface area contributed by atoms with Crippen LogP contribution in [0.3, 0.4) is 0 Å². The zero-order chi connectivity index (χ0) is 18.3. The molecule has 0 atom stereocenters. The van der Waals surface area contributed by atoms with E-state index in [4.69, 9.17) is 4.98 Å². The van der Waals surface area contributed by atoms with Crippen LogP contribution in [0, 0.1) is 0 Å². The molecule has 0 unspecified atom stereocenters. The van der Waals surface area contributed by atoms with Crippen LogP contribution in [-0.4, -0.2) is 41.0 Å². The monoisotopic (exact) mass is 378 g/mol. The van der Waals surface area contributed by atoms with Gasteiger partial charge in [0.25, 0.3) is 0 Å². The molecule has 0 aliphatic carbocycles. The predicted molar refractivity (Wildman–Crippen MR) is 112 cm³/mol. The van der Waals surface area contributed by atoms with Crippen LogP contribution in [-0.2, 0) is 19.4 Å². The summed E-state index contributed by atoms with van der Waals surface area (Å²) < 4.78 is 0. The summed E-state index contributed by atoms with van der Waals surface area (Å²) in [5, 5.41) is 5.55. The summed E-state index contributed by atoms with van der Waals surface area (Å²) in [6, 6.07) is 15.1. The summed E-state index contributed by atoms with van der Waals surface area (Å²) >= 11 is 1.83. The second-order valence-electron chi connectivity index (χ2n) is 7.02. The minimum absolute atomic E-state index is 0.923. The molecule has 5 heteroatoms. The first-order chi connectivity index (χ1) is 13.4. The number of piperazine rings is 1. The highest BCUT2D eigenvalue weighted by atomic mass is 32.1. The zero-order valence-corrected chi connectivity index (χ0v) is 16.4. The summed E-state index contributed by atoms with van der Waals surface area (Å²) in [7, 11) is 0. The minimum atomic E-state index is 0.923. The molecule has 1 aromatic carbocycles. The van der Waals surface area contributed by atoms with Gasteiger partial charge in [-0.1, -0.05) is 24.3 Å². The molecule has 4 nitrogen and oxygen atoms in total. The highest BCUT2D eigenvalue weighted by molar-refractivity contribution is 7.09. The maximum atomic E-state index is 4.82. The van der Waals surface area contributed by atoms with Crippen LogP contribution >= 0.6 is 11.3 Å². The zero-order valence-electron chi connectivity index (χ0n) is 15.6. The third-order valence-corrected chi connectivity index (χ3v) is 5.88. The average Bonchev–Trinajstić information content (AvgIpc) is 3.23. The van der Waals surface area contributed by atoms with Gasteiger partial charge < -0.3 is 5.32 Å². The lowest BCUT2D eigenvalue weighted by Gasteiger charge is -2.27. The van der Waals surface area contributed by atoms with Gasteiger partial charge in [0.2, 0.25) is 0 Å². The number of nitrogens with zero attached hydrogens (tertiary/aromatic N) is 3. The van der Waals surface area contributed by atoms with Gasteiger partial charge in [-0.2, -0.15) is 0 Å². The highest BCUT2D eigenvalue weighted by Gasteiger charge is 2.11. The molecule has 1 fully saturated rings. The molecule has 3 aromatic rings. The Kier molecular flexibility index (Phi) is 6.25. The Morgan fingerprint density at radius 1 is 1.04 bits per heavy atom. The normalized spacial score (nSPS) is 15.1. The van der Waals surface area contributed by atoms with E-state index in [1.54, 1.807) is 0 Å². The number of rotatable bonds is 7. The highest BCUT2D eigenvalue weighted by Crippen LogP contribution is 2.20. The van der Waals surface area contributed by atoms with E-state index in [0.717, 1.165) is 63.5 Å². The second kappa shape index (κ2) is 9.22. The summed E-state index contributed by atoms with van der Waals surface area (Å²) in [4.78, 5) is 13.2. The third kappa shape index (κ3) is 5.22. The second-order valence-corrected chi connectivity index (χ2v) is 8.05. The van der Waals surface area contributed by atoms with Crippen molar-refractivity contribution < 1.29 is 0 Å². The fourth-order valence-corrected chi connectivity index (χ4v) is 4.26. The van der Waals surface area contributed by atoms with Gasteiger partial charge in [0.15, 0.2) is 0 Å². The summed E-state index contributed by atoms with van der Waals surface area (Å²) in [6.45, 7) is 5.41. The first-order valence-electron chi connectivity index (χ1n) is 9.73. The van der Waals surface area contributed by atoms with Crippen molar-refractivity contribution in [1.82, 2.24) is 20.2 Å². The molecular formula is C22H26N4S. The van der Waals surface area contributed by atoms with Gasteiger partial charge in [0.05, 0.1) is 5.69 Å². The number of hydrogen-bond acceptors (Lipinski definition) is 5. The molecule has 0 spiro atoms. The summed E-state index contributed by atoms with van der Waals surface area (Å²) in [5.74, 6) is 0.941. The molecule has 2 aromatic heterocycles. The van der Waals surface area contributed by atoms with Crippen LogP contribution in [0.5, 0.6) is 0 Å². The molecule has 1 saturated heterocycles. The summed E-state index contributed by atoms with van der Waals surface area (Å²) in [5.41, 5.74) is 3.56. The lowest BCUT2D eigenvalue weighted by Crippen LogP contribution is -2.42. The number of thiophene rings is 1. The SMILES string of the molecule is c1cc(CN2CCNCC2)cc(-c2ccnc(CCCc3cccs3)n2)c1. The number of aryl methyl sites for hydroxylation is 2. The van der Waals surface area contributed by atoms with Crippen molar-refractivity contribution in [2.24, 2.45) is 0 Å². The van der Waals surface area contributed by atoms with Gasteiger partial charge >= 0.3 is 0 Å². The molecule has 1 N–H and O–H groups in total. The Labute approximate surface area is 165 Å². The number of benzene rings is 1. The molecule has 1 aliphatic heterocycles. The van der Waals surface area contributed by atoms with E-state index in [2.05, 4.69) is 57.0 Å². The Morgan fingerprint density at radius 3 is 2.81 bits per heavy atom. The van der Waals surface area contributed by atoms with E-state index in [1.807, 2.05) is 23.6 Å². The van der Waals surface area contributed by atoms with Gasteiger partial charge in [-0.25, -0.2) is 9.97 Å². The Morgan fingerprint density at radius 2 is 1.96 bits per heavy atom. The van der Waals surface area contributed by atoms with Gasteiger partial charge in [0, 0.05) is 55.8 Å². The van der Waals surface area contributed by atoms with Crippen molar-refractivity contribution in [2.45, 2.75) is 25.8 Å². The van der Waals surface area contributed by atoms with E-state index in [-0.39, 0.29) is 0 Å². The largest absolute Gasteiger partial charge is 0.314 e. The number of nitrogens with one attached hydrogen (secondary N) is 1. The maximum absolute atomic E-state index is 4.82. The molecule has 0 amide bonds. The fourth-order valence-electron chi connectivity index (χ4n) is 3.51. The molecular weight excluding hydrogens is 352 g/mol. The van der Waals surface area contributed by atoms with E-state index in [0.29, 0.717) is 0 Å². The van der Waals surface area contributed by atoms with Crippen molar-refractivity contribution >= 4 is 11.3 Å². The van der Waals surface area contributed by atoms with Crippen molar-refractivity contribution in [2.75, 3.05) is 26.2 Å². The first kappa shape index (κ1) is 18.3. The van der Waals surface area contributed by atoms with Gasteiger partial charge in [-0.15, -0.1) is 11.3 Å². The topological polar surface area (TPSA) is 41.0 Å². The van der Waals surface area contributed by atoms with Crippen LogP contribution in [0.4, 0.5) is 0 Å². The van der Waals surface area contributed by atoms with Crippen molar-refractivity contribution in [3.63, 3.8) is 0 Å². The molecule has 4 rings (SSSR count). The molecule has 0 radical (unpaired) electrons. The predicted octanol–water partition coefficient (Wildman–Crippen LogP) is 3.79. The van der Waals surface area contributed by atoms with Crippen LogP contribution < -0.4 is 5.32 Å². The van der Waals surface area contributed by atoms with Crippen LogP contribution in [0.15, 0.2) is 54.0 Å². The average molecular weight is 379 g/mol. The lowest BCUT2D eigenvalue weighted by atomic mass is 10.1. The molecule has 27 heavy (non-hydrogen) atoms. The summed E-state index contributed by atoms with van der Waals surface area (Å²) in [6.07, 6.45) is 5.01. The van der Waals surface area contributed by atoms with Crippen LogP contribution in [0.25, 0.3) is 11.3 Å². The fraction of sp³-hybridized carbons (Fsp3) is 0.364. The van der Waals surface area contributed by atoms with E-state index in [1.165, 1.54) is 16.0 Å². The number of hydrogen-bond donors (Lipinski definition) is 1. The van der Waals surface area contributed by atoms with Gasteiger partial charge in [-0.05, 0) is 42.0 Å². The van der Waals surface area contributed by atoms with Gasteiger partial charge in [0.1, 0.15) is 5.82 Å². The standard InChI is InChI=1S/C22H26N4S/c1-4-18(17-26-13-11-23-12-14-26)16-19(5-1)21-9-10-24-22(25-21)8-2-6-20-7-3-15-27-20/h1,3-5,7,9-10,15-16,23H,2,6,8,11-14,17H2. The van der Waals surface area contributed by atoms with Crippen molar-refractivity contribution in [1.29, 1.82) is 0 Å². The Bertz CT molecular complexity index is 841. The van der Waals surface area contributed by atoms with E-state index in [9.17, 15) is 0 Å². The molecule has 0 bridgehead atoms. The number of aromatic nitrogens is 2. The van der Waals surface area contributed by atoms with Crippen LogP contribution in [0.1, 0.15) is 22.7 Å². The molecule has 3 heterocycles. The maximum Gasteiger partial charge on any atom is 0.128 e. The molecule has 140 valence electrons. The molecule has 0 saturated carbocycles. The minimum Gasteiger partial charge on any atom is -0.314 e. The van der Waals surface area contributed by atoms with Crippen LogP contribution in [0.2, 0.25) is 0 Å². The van der Waals surface area contributed by atoms with Gasteiger partial charge in [-0.3, -0.25) is 4.90 Å². The smallest absolute Gasteiger partial charge is 0.128 e. The van der Waals surface area contributed by atoms with Crippen molar-refractivity contribution in [3.8, 4) is 11.3 Å². The Balaban J connectivity index is 1.41. The quantitative estimate of drug-likeness (QED) is 0.679. The Hall–Kier alpha value is -2.08. The van der Waals surface area contributed by atoms with E-state index >= 15 is 0 Å². The first-order valence-corrected chi connectivity index (χ1v) is 10.6. The lowest BCUT2D eigenvalue weighted by molar-refractivity contribution is 0.233.